The van der Waals surface area contributed by atoms with Crippen molar-refractivity contribution >= 4 is 17.5 Å². The number of nitrogens with zero attached hydrogens (tertiary/aromatic N) is 1. The third-order valence-corrected chi connectivity index (χ3v) is 4.03. The van der Waals surface area contributed by atoms with Gasteiger partial charge in [0.2, 0.25) is 11.8 Å². The summed E-state index contributed by atoms with van der Waals surface area (Å²) in [6, 6.07) is 6.10. The van der Waals surface area contributed by atoms with Gasteiger partial charge in [0.15, 0.2) is 0 Å². The van der Waals surface area contributed by atoms with Gasteiger partial charge in [0.1, 0.15) is 5.75 Å². The molecule has 1 aliphatic rings. The van der Waals surface area contributed by atoms with Crippen molar-refractivity contribution < 1.29 is 23.1 Å². The molecule has 0 spiro atoms. The SMILES string of the molecule is CC(C)C(=O)N1CCC(C(=O)Nc2ccccc2OC(F)F)CC1. The summed E-state index contributed by atoms with van der Waals surface area (Å²) < 4.78 is 29.2. The number of rotatable bonds is 5. The summed E-state index contributed by atoms with van der Waals surface area (Å²) in [6.45, 7) is 1.81. The first kappa shape index (κ1) is 18.2. The van der Waals surface area contributed by atoms with Crippen molar-refractivity contribution in [3.8, 4) is 5.75 Å². The second-order valence-electron chi connectivity index (χ2n) is 6.12. The lowest BCUT2D eigenvalue weighted by molar-refractivity contribution is -0.137. The standard InChI is InChI=1S/C17H22F2N2O3/c1-11(2)16(23)21-9-7-12(8-10-21)15(22)20-13-5-3-4-6-14(13)24-17(18)19/h3-6,11-12,17H,7-10H2,1-2H3,(H,20,22). The number of ether oxygens (including phenoxy) is 1. The highest BCUT2D eigenvalue weighted by molar-refractivity contribution is 5.94. The number of anilines is 1. The van der Waals surface area contributed by atoms with Crippen LogP contribution < -0.4 is 10.1 Å². The number of carbonyl (C=O) groups is 2. The molecule has 1 aromatic carbocycles. The van der Waals surface area contributed by atoms with Crippen LogP contribution in [0.25, 0.3) is 0 Å². The average molecular weight is 340 g/mol. The molecule has 2 amide bonds. The van der Waals surface area contributed by atoms with E-state index >= 15 is 0 Å². The van der Waals surface area contributed by atoms with Crippen LogP contribution in [0.1, 0.15) is 26.7 Å². The van der Waals surface area contributed by atoms with E-state index in [2.05, 4.69) is 10.1 Å². The number of hydrogen-bond donors (Lipinski definition) is 1. The van der Waals surface area contributed by atoms with Crippen molar-refractivity contribution in [1.29, 1.82) is 0 Å². The molecule has 24 heavy (non-hydrogen) atoms. The van der Waals surface area contributed by atoms with Gasteiger partial charge in [-0.15, -0.1) is 0 Å². The van der Waals surface area contributed by atoms with Crippen molar-refractivity contribution in [2.75, 3.05) is 18.4 Å². The van der Waals surface area contributed by atoms with E-state index in [4.69, 9.17) is 0 Å². The molecule has 1 N–H and O–H groups in total. The predicted molar refractivity (Wildman–Crippen MR) is 85.8 cm³/mol. The minimum atomic E-state index is -2.95. The maximum atomic E-state index is 12.4. The van der Waals surface area contributed by atoms with Crippen LogP contribution in [0, 0.1) is 11.8 Å². The third kappa shape index (κ3) is 4.66. The van der Waals surface area contributed by atoms with Gasteiger partial charge in [0.05, 0.1) is 5.69 Å². The number of piperidine rings is 1. The Morgan fingerprint density at radius 1 is 1.21 bits per heavy atom. The van der Waals surface area contributed by atoms with Crippen LogP contribution in [-0.4, -0.2) is 36.4 Å². The second-order valence-corrected chi connectivity index (χ2v) is 6.12. The summed E-state index contributed by atoms with van der Waals surface area (Å²) in [7, 11) is 0. The predicted octanol–water partition coefficient (Wildman–Crippen LogP) is 3.12. The lowest BCUT2D eigenvalue weighted by Crippen LogP contribution is -2.43. The number of carbonyl (C=O) groups excluding carboxylic acids is 2. The van der Waals surface area contributed by atoms with Crippen LogP contribution in [0.3, 0.4) is 0 Å². The van der Waals surface area contributed by atoms with E-state index in [1.807, 2.05) is 13.8 Å². The lowest BCUT2D eigenvalue weighted by Gasteiger charge is -2.32. The quantitative estimate of drug-likeness (QED) is 0.896. The molecule has 0 unspecified atom stereocenters. The molecule has 132 valence electrons. The van der Waals surface area contributed by atoms with E-state index in [0.29, 0.717) is 25.9 Å². The van der Waals surface area contributed by atoms with Gasteiger partial charge in [0, 0.05) is 24.9 Å². The number of likely N-dealkylation sites (tertiary alicyclic amines) is 1. The zero-order chi connectivity index (χ0) is 17.7. The Kier molecular flexibility index (Phi) is 6.11. The van der Waals surface area contributed by atoms with Gasteiger partial charge in [-0.1, -0.05) is 26.0 Å². The first-order valence-electron chi connectivity index (χ1n) is 8.02. The molecule has 1 saturated heterocycles. The molecule has 0 bridgehead atoms. The first-order valence-corrected chi connectivity index (χ1v) is 8.02. The fourth-order valence-corrected chi connectivity index (χ4v) is 2.73. The van der Waals surface area contributed by atoms with E-state index in [0.717, 1.165) is 0 Å². The number of alkyl halides is 2. The zero-order valence-corrected chi connectivity index (χ0v) is 13.8. The van der Waals surface area contributed by atoms with Crippen LogP contribution in [0.2, 0.25) is 0 Å². The van der Waals surface area contributed by atoms with E-state index < -0.39 is 6.61 Å². The van der Waals surface area contributed by atoms with Crippen molar-refractivity contribution in [3.63, 3.8) is 0 Å². The summed E-state index contributed by atoms with van der Waals surface area (Å²) in [5.74, 6) is -0.524. The van der Waals surface area contributed by atoms with Gasteiger partial charge < -0.3 is 15.0 Å². The third-order valence-electron chi connectivity index (χ3n) is 4.03. The highest BCUT2D eigenvalue weighted by Crippen LogP contribution is 2.27. The molecule has 2 rings (SSSR count). The van der Waals surface area contributed by atoms with Crippen molar-refractivity contribution in [2.24, 2.45) is 11.8 Å². The van der Waals surface area contributed by atoms with Gasteiger partial charge in [-0.2, -0.15) is 8.78 Å². The number of halogens is 2. The molecule has 0 saturated carbocycles. The largest absolute Gasteiger partial charge is 0.433 e. The van der Waals surface area contributed by atoms with E-state index in [-0.39, 0.29) is 35.1 Å². The highest BCUT2D eigenvalue weighted by atomic mass is 19.3. The molecule has 1 fully saturated rings. The normalized spacial score (nSPS) is 15.7. The maximum absolute atomic E-state index is 12.4. The molecule has 5 nitrogen and oxygen atoms in total. The fourth-order valence-electron chi connectivity index (χ4n) is 2.73. The van der Waals surface area contributed by atoms with Crippen LogP contribution >= 0.6 is 0 Å². The number of amides is 2. The van der Waals surface area contributed by atoms with Crippen LogP contribution in [-0.2, 0) is 9.59 Å². The Morgan fingerprint density at radius 2 is 1.83 bits per heavy atom. The summed E-state index contributed by atoms with van der Waals surface area (Å²) >= 11 is 0. The van der Waals surface area contributed by atoms with Crippen molar-refractivity contribution in [3.05, 3.63) is 24.3 Å². The molecule has 0 aromatic heterocycles. The molecule has 1 heterocycles. The van der Waals surface area contributed by atoms with E-state index in [1.165, 1.54) is 12.1 Å². The number of para-hydroxylation sites is 2. The number of nitrogens with one attached hydrogen (secondary N) is 1. The minimum Gasteiger partial charge on any atom is -0.433 e. The van der Waals surface area contributed by atoms with Crippen LogP contribution in [0.15, 0.2) is 24.3 Å². The minimum absolute atomic E-state index is 0.0613. The molecule has 1 aromatic rings. The van der Waals surface area contributed by atoms with Gasteiger partial charge in [-0.05, 0) is 25.0 Å². The molecule has 0 atom stereocenters. The average Bonchev–Trinajstić information content (AvgIpc) is 2.55. The monoisotopic (exact) mass is 340 g/mol. The Labute approximate surface area is 140 Å². The van der Waals surface area contributed by atoms with E-state index in [9.17, 15) is 18.4 Å². The van der Waals surface area contributed by atoms with Crippen molar-refractivity contribution in [2.45, 2.75) is 33.3 Å². The summed E-state index contributed by atoms with van der Waals surface area (Å²) in [6.07, 6.45) is 1.12. The van der Waals surface area contributed by atoms with Gasteiger partial charge >= 0.3 is 6.61 Å². The Balaban J connectivity index is 1.94. The summed E-state index contributed by atoms with van der Waals surface area (Å²) in [5, 5.41) is 2.65. The molecular formula is C17H22F2N2O3. The van der Waals surface area contributed by atoms with Gasteiger partial charge in [-0.3, -0.25) is 9.59 Å². The fraction of sp³-hybridized carbons (Fsp3) is 0.529. The summed E-state index contributed by atoms with van der Waals surface area (Å²) in [4.78, 5) is 26.1. The molecular weight excluding hydrogens is 318 g/mol. The topological polar surface area (TPSA) is 58.6 Å². The molecule has 0 radical (unpaired) electrons. The Bertz CT molecular complexity index is 585. The van der Waals surface area contributed by atoms with Crippen LogP contribution in [0.4, 0.5) is 14.5 Å². The maximum Gasteiger partial charge on any atom is 0.387 e. The lowest BCUT2D eigenvalue weighted by atomic mass is 9.95. The summed E-state index contributed by atoms with van der Waals surface area (Å²) in [5.41, 5.74) is 0.225. The van der Waals surface area contributed by atoms with Crippen LogP contribution in [0.5, 0.6) is 5.75 Å². The first-order chi connectivity index (χ1) is 11.4. The van der Waals surface area contributed by atoms with E-state index in [1.54, 1.807) is 17.0 Å². The second kappa shape index (κ2) is 8.08. The van der Waals surface area contributed by atoms with Crippen molar-refractivity contribution in [1.82, 2.24) is 4.90 Å². The smallest absolute Gasteiger partial charge is 0.387 e. The Morgan fingerprint density at radius 3 is 2.42 bits per heavy atom. The highest BCUT2D eigenvalue weighted by Gasteiger charge is 2.28. The number of hydrogen-bond acceptors (Lipinski definition) is 3. The molecule has 0 aliphatic carbocycles. The molecule has 1 aliphatic heterocycles. The zero-order valence-electron chi connectivity index (χ0n) is 13.8. The van der Waals surface area contributed by atoms with Gasteiger partial charge in [-0.25, -0.2) is 0 Å². The molecule has 7 heteroatoms. The number of benzene rings is 1. The van der Waals surface area contributed by atoms with Gasteiger partial charge in [0.25, 0.3) is 0 Å². The Hall–Kier alpha value is -2.18.